The molecule has 0 amide bonds. The molecule has 2 rings (SSSR count). The molecule has 0 atom stereocenters. The Balaban J connectivity index is 2.91. The van der Waals surface area contributed by atoms with Crippen molar-refractivity contribution in [2.75, 3.05) is 0 Å². The molecular formula is C11H12N2O. The number of pyridine rings is 1. The number of hydrogen-bond donors (Lipinski definition) is 0. The number of fused-ring (bicyclic) bond motifs is 1. The van der Waals surface area contributed by atoms with Gasteiger partial charge in [-0.1, -0.05) is 13.0 Å². The molecule has 0 aromatic carbocycles. The van der Waals surface area contributed by atoms with E-state index in [9.17, 15) is 4.79 Å². The maximum absolute atomic E-state index is 11.8. The van der Waals surface area contributed by atoms with E-state index < -0.39 is 0 Å². The zero-order chi connectivity index (χ0) is 10.1. The highest BCUT2D eigenvalue weighted by Gasteiger charge is 2.03. The first kappa shape index (κ1) is 8.94. The van der Waals surface area contributed by atoms with Gasteiger partial charge >= 0.3 is 0 Å². The van der Waals surface area contributed by atoms with Gasteiger partial charge in [0.2, 0.25) is 0 Å². The van der Waals surface area contributed by atoms with Crippen LogP contribution >= 0.6 is 0 Å². The lowest BCUT2D eigenvalue weighted by Gasteiger charge is -2.03. The molecular weight excluding hydrogens is 176 g/mol. The maximum Gasteiger partial charge on any atom is 0.261 e. The summed E-state index contributed by atoms with van der Waals surface area (Å²) in [7, 11) is 0. The quantitative estimate of drug-likeness (QED) is 0.680. The van der Waals surface area contributed by atoms with Crippen LogP contribution in [0.1, 0.15) is 18.1 Å². The van der Waals surface area contributed by atoms with Gasteiger partial charge in [0, 0.05) is 18.0 Å². The van der Waals surface area contributed by atoms with E-state index in [0.29, 0.717) is 0 Å². The highest BCUT2D eigenvalue weighted by atomic mass is 16.1. The third kappa shape index (κ3) is 1.21. The summed E-state index contributed by atoms with van der Waals surface area (Å²) in [5.41, 5.74) is 2.57. The van der Waals surface area contributed by atoms with Crippen molar-refractivity contribution in [1.29, 1.82) is 0 Å². The van der Waals surface area contributed by atoms with Crippen molar-refractivity contribution in [2.24, 2.45) is 0 Å². The molecule has 0 unspecified atom stereocenters. The van der Waals surface area contributed by atoms with Gasteiger partial charge in [0.1, 0.15) is 5.65 Å². The fourth-order valence-corrected chi connectivity index (χ4v) is 1.53. The Hall–Kier alpha value is -1.64. The minimum Gasteiger partial charge on any atom is -0.269 e. The van der Waals surface area contributed by atoms with Crippen molar-refractivity contribution in [3.8, 4) is 0 Å². The van der Waals surface area contributed by atoms with Gasteiger partial charge in [-0.25, -0.2) is 4.98 Å². The molecule has 0 N–H and O–H groups in total. The molecule has 2 heterocycles. The van der Waals surface area contributed by atoms with Crippen molar-refractivity contribution in [3.63, 3.8) is 0 Å². The van der Waals surface area contributed by atoms with Crippen molar-refractivity contribution < 1.29 is 0 Å². The molecule has 72 valence electrons. The highest BCUT2D eigenvalue weighted by molar-refractivity contribution is 5.46. The van der Waals surface area contributed by atoms with Crippen LogP contribution in [0.5, 0.6) is 0 Å². The Morgan fingerprint density at radius 3 is 3.00 bits per heavy atom. The van der Waals surface area contributed by atoms with E-state index in [1.54, 1.807) is 16.8 Å². The standard InChI is InChI=1S/C11H12N2O/c1-3-9-7-12-10-8(2)5-4-6-13(10)11(9)14/h4-7H,3H2,1-2H3. The van der Waals surface area contributed by atoms with Gasteiger partial charge in [-0.2, -0.15) is 0 Å². The smallest absolute Gasteiger partial charge is 0.261 e. The molecule has 2 aromatic heterocycles. The van der Waals surface area contributed by atoms with E-state index in [0.717, 1.165) is 23.2 Å². The molecule has 0 saturated carbocycles. The number of hydrogen-bond acceptors (Lipinski definition) is 2. The average molecular weight is 188 g/mol. The second-order valence-electron chi connectivity index (χ2n) is 3.33. The van der Waals surface area contributed by atoms with Crippen LogP contribution in [0.15, 0.2) is 29.3 Å². The van der Waals surface area contributed by atoms with Gasteiger partial charge in [-0.15, -0.1) is 0 Å². The van der Waals surface area contributed by atoms with E-state index in [1.807, 2.05) is 26.0 Å². The third-order valence-corrected chi connectivity index (χ3v) is 2.38. The predicted molar refractivity (Wildman–Crippen MR) is 55.6 cm³/mol. The second-order valence-corrected chi connectivity index (χ2v) is 3.33. The summed E-state index contributed by atoms with van der Waals surface area (Å²) in [6.07, 6.45) is 4.16. The SMILES string of the molecule is CCc1cnc2c(C)cccn2c1=O. The summed E-state index contributed by atoms with van der Waals surface area (Å²) in [6, 6.07) is 3.82. The third-order valence-electron chi connectivity index (χ3n) is 2.38. The van der Waals surface area contributed by atoms with Crippen molar-refractivity contribution in [3.05, 3.63) is 46.0 Å². The van der Waals surface area contributed by atoms with Gasteiger partial charge in [0.15, 0.2) is 0 Å². The molecule has 0 aliphatic carbocycles. The molecule has 14 heavy (non-hydrogen) atoms. The van der Waals surface area contributed by atoms with Crippen molar-refractivity contribution in [2.45, 2.75) is 20.3 Å². The van der Waals surface area contributed by atoms with E-state index in [4.69, 9.17) is 0 Å². The highest BCUT2D eigenvalue weighted by Crippen LogP contribution is 2.04. The summed E-state index contributed by atoms with van der Waals surface area (Å²) in [6.45, 7) is 3.91. The normalized spacial score (nSPS) is 10.7. The van der Waals surface area contributed by atoms with Gasteiger partial charge < -0.3 is 0 Å². The van der Waals surface area contributed by atoms with Crippen LogP contribution in [0.4, 0.5) is 0 Å². The Kier molecular flexibility index (Phi) is 2.08. The van der Waals surface area contributed by atoms with Gasteiger partial charge in [-0.3, -0.25) is 9.20 Å². The van der Waals surface area contributed by atoms with Crippen molar-refractivity contribution >= 4 is 5.65 Å². The first-order valence-electron chi connectivity index (χ1n) is 4.70. The molecule has 3 nitrogen and oxygen atoms in total. The summed E-state index contributed by atoms with van der Waals surface area (Å²) >= 11 is 0. The lowest BCUT2D eigenvalue weighted by atomic mass is 10.2. The Bertz CT molecular complexity index is 528. The average Bonchev–Trinajstić information content (AvgIpc) is 2.20. The first-order chi connectivity index (χ1) is 6.74. The Morgan fingerprint density at radius 2 is 2.29 bits per heavy atom. The van der Waals surface area contributed by atoms with Crippen LogP contribution in [0, 0.1) is 6.92 Å². The van der Waals surface area contributed by atoms with Gasteiger partial charge in [-0.05, 0) is 25.0 Å². The molecule has 0 spiro atoms. The summed E-state index contributed by atoms with van der Waals surface area (Å²) < 4.78 is 1.61. The maximum atomic E-state index is 11.8. The first-order valence-corrected chi connectivity index (χ1v) is 4.70. The number of rotatable bonds is 1. The van der Waals surface area contributed by atoms with E-state index in [1.165, 1.54) is 0 Å². The second kappa shape index (κ2) is 3.25. The van der Waals surface area contributed by atoms with Crippen molar-refractivity contribution in [1.82, 2.24) is 9.38 Å². The fraction of sp³-hybridized carbons (Fsp3) is 0.273. The molecule has 0 aliphatic heterocycles. The summed E-state index contributed by atoms with van der Waals surface area (Å²) in [5, 5.41) is 0. The molecule has 0 radical (unpaired) electrons. The van der Waals surface area contributed by atoms with Crippen LogP contribution in [0.2, 0.25) is 0 Å². The Morgan fingerprint density at radius 1 is 1.50 bits per heavy atom. The molecule has 0 saturated heterocycles. The van der Waals surface area contributed by atoms with Crippen LogP contribution in [0.3, 0.4) is 0 Å². The van der Waals surface area contributed by atoms with E-state index >= 15 is 0 Å². The number of aryl methyl sites for hydroxylation is 2. The van der Waals surface area contributed by atoms with Crippen LogP contribution < -0.4 is 5.56 Å². The minimum absolute atomic E-state index is 0.0428. The molecule has 2 aromatic rings. The summed E-state index contributed by atoms with van der Waals surface area (Å²) in [5.74, 6) is 0. The lowest BCUT2D eigenvalue weighted by Crippen LogP contribution is -2.19. The van der Waals surface area contributed by atoms with Crippen LogP contribution in [-0.4, -0.2) is 9.38 Å². The van der Waals surface area contributed by atoms with Gasteiger partial charge in [0.05, 0.1) is 0 Å². The van der Waals surface area contributed by atoms with Crippen LogP contribution in [-0.2, 0) is 6.42 Å². The van der Waals surface area contributed by atoms with E-state index in [2.05, 4.69) is 4.98 Å². The van der Waals surface area contributed by atoms with Gasteiger partial charge in [0.25, 0.3) is 5.56 Å². The molecule has 0 bridgehead atoms. The minimum atomic E-state index is 0.0428. The Labute approximate surface area is 82.0 Å². The number of nitrogens with zero attached hydrogens (tertiary/aromatic N) is 2. The zero-order valence-corrected chi connectivity index (χ0v) is 8.32. The molecule has 0 fully saturated rings. The molecule has 3 heteroatoms. The largest absolute Gasteiger partial charge is 0.269 e. The lowest BCUT2D eigenvalue weighted by molar-refractivity contribution is 0.960. The predicted octanol–water partition coefficient (Wildman–Crippen LogP) is 1.57. The topological polar surface area (TPSA) is 34.4 Å². The monoisotopic (exact) mass is 188 g/mol. The summed E-state index contributed by atoms with van der Waals surface area (Å²) in [4.78, 5) is 16.1. The molecule has 0 aliphatic rings. The number of aromatic nitrogens is 2. The zero-order valence-electron chi connectivity index (χ0n) is 8.32. The van der Waals surface area contributed by atoms with Crippen LogP contribution in [0.25, 0.3) is 5.65 Å². The van der Waals surface area contributed by atoms with E-state index in [-0.39, 0.29) is 5.56 Å². The fourth-order valence-electron chi connectivity index (χ4n) is 1.53.